The van der Waals surface area contributed by atoms with Gasteiger partial charge < -0.3 is 24.8 Å². The summed E-state index contributed by atoms with van der Waals surface area (Å²) in [5.74, 6) is 0.522. The summed E-state index contributed by atoms with van der Waals surface area (Å²) >= 11 is 1.51. The van der Waals surface area contributed by atoms with E-state index >= 15 is 0 Å². The molecule has 1 unspecified atom stereocenters. The van der Waals surface area contributed by atoms with Gasteiger partial charge in [-0.15, -0.1) is 11.1 Å². The quantitative estimate of drug-likeness (QED) is 0.241. The molecular weight excluding hydrogens is 667 g/mol. The van der Waals surface area contributed by atoms with Gasteiger partial charge in [0.1, 0.15) is 0 Å². The summed E-state index contributed by atoms with van der Waals surface area (Å²) in [7, 11) is 0. The summed E-state index contributed by atoms with van der Waals surface area (Å²) in [4.78, 5) is 0. The fraction of sp³-hybridized carbons (Fsp3) is 0.452. The Kier molecular flexibility index (Phi) is 15.2. The molecule has 242 valence electrons. The van der Waals surface area contributed by atoms with Crippen LogP contribution in [0.1, 0.15) is 123 Å². The zero-order valence-corrected chi connectivity index (χ0v) is 34.0. The Morgan fingerprint density at radius 1 is 0.800 bits per heavy atom. The minimum Gasteiger partial charge on any atom is -1.00 e. The standard InChI is InChI=1S/C21H25.C12H19.C9H10.2ClH.Zr/c1-20(2,3)16-7-9-18-14(12-16)11-15-13-17(21(4,5)6)8-10-19(15)18;1-6-10-7-9(2)8-11(10)12(3,4)5;1-3-9-6-4-8(2)5-7-9;;;/h7-10,12H,11H2,1-6H3;8-9H,6H2,1-5H3;4-7H,1-2H3;2*1H;/q2*-1;;;;+2/p-2. The summed E-state index contributed by atoms with van der Waals surface area (Å²) in [5, 5.41) is 0. The minimum absolute atomic E-state index is 0. The molecule has 0 nitrogen and oxygen atoms in total. The van der Waals surface area contributed by atoms with Crippen molar-refractivity contribution in [1.82, 2.24) is 0 Å². The van der Waals surface area contributed by atoms with Crippen LogP contribution in [0.3, 0.4) is 0 Å². The predicted octanol–water partition coefficient (Wildman–Crippen LogP) is 5.49. The van der Waals surface area contributed by atoms with Gasteiger partial charge in [-0.3, -0.25) is 6.08 Å². The first-order valence-corrected chi connectivity index (χ1v) is 17.2. The SMILES string of the molecule is CC(C)(C)c1[c-]c2c(cc1)-c1ccc(C(C)(C)C)cc1C2.CCC1=[C-]C(C)C=C1C(C)(C)C.C[C](=[Zr+2])c1ccc(C)cc1.[Cl-].[Cl-]. The zero-order chi connectivity index (χ0) is 32.3. The number of allylic oxidation sites excluding steroid dienone is 4. The monoisotopic (exact) mass is 718 g/mol. The maximum atomic E-state index is 3.67. The Morgan fingerprint density at radius 2 is 1.38 bits per heavy atom. The van der Waals surface area contributed by atoms with Crippen molar-refractivity contribution in [3.05, 3.63) is 117 Å². The molecule has 5 rings (SSSR count). The Morgan fingerprint density at radius 3 is 1.84 bits per heavy atom. The number of hydrogen-bond acceptors (Lipinski definition) is 0. The van der Waals surface area contributed by atoms with E-state index in [1.807, 2.05) is 0 Å². The van der Waals surface area contributed by atoms with E-state index in [0.29, 0.717) is 11.3 Å². The average molecular weight is 721 g/mol. The second kappa shape index (κ2) is 16.5. The molecule has 2 aliphatic rings. The molecule has 0 amide bonds. The number of fused-ring (bicyclic) bond motifs is 3. The van der Waals surface area contributed by atoms with Crippen LogP contribution in [0, 0.1) is 30.4 Å². The third-order valence-corrected chi connectivity index (χ3v) is 8.96. The van der Waals surface area contributed by atoms with Crippen molar-refractivity contribution in [2.24, 2.45) is 11.3 Å². The summed E-state index contributed by atoms with van der Waals surface area (Å²) in [6, 6.07) is 23.8. The normalized spacial score (nSPS) is 15.0. The number of aryl methyl sites for hydroxylation is 1. The third-order valence-electron chi connectivity index (χ3n) is 8.25. The molecule has 45 heavy (non-hydrogen) atoms. The second-order valence-corrected chi connectivity index (χ2v) is 17.2. The molecule has 0 N–H and O–H groups in total. The molecule has 3 aromatic carbocycles. The van der Waals surface area contributed by atoms with Crippen molar-refractivity contribution in [3.63, 3.8) is 0 Å². The van der Waals surface area contributed by atoms with Crippen molar-refractivity contribution >= 4 is 3.21 Å². The van der Waals surface area contributed by atoms with Crippen molar-refractivity contribution in [1.29, 1.82) is 0 Å². The largest absolute Gasteiger partial charge is 1.00 e. The van der Waals surface area contributed by atoms with Gasteiger partial charge in [-0.25, -0.2) is 5.57 Å². The van der Waals surface area contributed by atoms with Crippen LogP contribution in [0.2, 0.25) is 0 Å². The minimum atomic E-state index is 0. The van der Waals surface area contributed by atoms with Crippen LogP contribution in [0.25, 0.3) is 11.1 Å². The maximum absolute atomic E-state index is 3.67. The van der Waals surface area contributed by atoms with E-state index in [-0.39, 0.29) is 35.6 Å². The van der Waals surface area contributed by atoms with Crippen molar-refractivity contribution < 1.29 is 49.0 Å². The zero-order valence-electron chi connectivity index (χ0n) is 30.0. The van der Waals surface area contributed by atoms with Gasteiger partial charge >= 0.3 is 76.7 Å². The fourth-order valence-corrected chi connectivity index (χ4v) is 5.98. The van der Waals surface area contributed by atoms with Crippen LogP contribution < -0.4 is 24.8 Å². The van der Waals surface area contributed by atoms with Crippen molar-refractivity contribution in [2.45, 2.75) is 114 Å². The number of benzene rings is 3. The third kappa shape index (κ3) is 11.3. The van der Waals surface area contributed by atoms with Crippen LogP contribution in [0.5, 0.6) is 0 Å². The molecule has 0 bridgehead atoms. The van der Waals surface area contributed by atoms with Gasteiger partial charge in [-0.2, -0.15) is 35.4 Å². The molecule has 3 heteroatoms. The molecule has 0 fully saturated rings. The molecular formula is C42H54Cl2Zr-2. The van der Waals surface area contributed by atoms with Crippen LogP contribution in [0.4, 0.5) is 0 Å². The van der Waals surface area contributed by atoms with E-state index < -0.39 is 0 Å². The molecule has 0 spiro atoms. The summed E-state index contributed by atoms with van der Waals surface area (Å²) in [6.07, 6.45) is 7.98. The van der Waals surface area contributed by atoms with Crippen LogP contribution in [-0.2, 0) is 41.5 Å². The molecule has 0 radical (unpaired) electrons. The van der Waals surface area contributed by atoms with Gasteiger partial charge in [0.2, 0.25) is 0 Å². The summed E-state index contributed by atoms with van der Waals surface area (Å²) < 4.78 is 1.46. The Hall–Kier alpha value is -1.53. The first-order chi connectivity index (χ1) is 19.8. The first-order valence-electron chi connectivity index (χ1n) is 16.0. The Balaban J connectivity index is 0.000000362. The number of rotatable bonds is 2. The molecule has 0 saturated carbocycles. The van der Waals surface area contributed by atoms with Gasteiger partial charge in [-0.05, 0) is 28.4 Å². The van der Waals surface area contributed by atoms with E-state index in [9.17, 15) is 0 Å². The Bertz CT molecular complexity index is 1440. The average Bonchev–Trinajstić information content (AvgIpc) is 3.48. The van der Waals surface area contributed by atoms with E-state index in [0.717, 1.165) is 12.8 Å². The first kappa shape index (κ1) is 41.5. The molecule has 1 atom stereocenters. The molecule has 0 saturated heterocycles. The molecule has 0 aliphatic heterocycles. The Labute approximate surface area is 303 Å². The fourth-order valence-electron chi connectivity index (χ4n) is 5.57. The maximum Gasteiger partial charge on any atom is -1.00 e. The van der Waals surface area contributed by atoms with Crippen LogP contribution in [-0.4, -0.2) is 3.21 Å². The van der Waals surface area contributed by atoms with E-state index in [2.05, 4.69) is 163 Å². The van der Waals surface area contributed by atoms with E-state index in [4.69, 9.17) is 0 Å². The van der Waals surface area contributed by atoms with Gasteiger partial charge in [0.25, 0.3) is 0 Å². The molecule has 3 aromatic rings. The van der Waals surface area contributed by atoms with Crippen LogP contribution >= 0.6 is 0 Å². The van der Waals surface area contributed by atoms with Crippen LogP contribution in [0.15, 0.2) is 71.8 Å². The van der Waals surface area contributed by atoms with E-state index in [1.54, 1.807) is 0 Å². The molecule has 0 aromatic heterocycles. The van der Waals surface area contributed by atoms with Gasteiger partial charge in [-0.1, -0.05) is 118 Å². The van der Waals surface area contributed by atoms with Gasteiger partial charge in [0, 0.05) is 0 Å². The summed E-state index contributed by atoms with van der Waals surface area (Å²) in [5.41, 5.74) is 14.6. The summed E-state index contributed by atoms with van der Waals surface area (Å²) in [6.45, 7) is 29.1. The van der Waals surface area contributed by atoms with E-state index in [1.165, 1.54) is 83.1 Å². The smallest absolute Gasteiger partial charge is 1.00 e. The number of hydrogen-bond donors (Lipinski definition) is 0. The molecule has 0 heterocycles. The van der Waals surface area contributed by atoms with Crippen molar-refractivity contribution in [3.8, 4) is 11.1 Å². The topological polar surface area (TPSA) is 0 Å². The molecule has 2 aliphatic carbocycles. The second-order valence-electron chi connectivity index (χ2n) is 15.4. The number of halogens is 2. The van der Waals surface area contributed by atoms with Gasteiger partial charge in [0.05, 0.1) is 0 Å². The predicted molar refractivity (Wildman–Crippen MR) is 186 cm³/mol. The van der Waals surface area contributed by atoms with Crippen molar-refractivity contribution in [2.75, 3.05) is 0 Å². The van der Waals surface area contributed by atoms with Gasteiger partial charge in [0.15, 0.2) is 0 Å².